The van der Waals surface area contributed by atoms with Crippen LogP contribution < -0.4 is 5.32 Å². The summed E-state index contributed by atoms with van der Waals surface area (Å²) in [6, 6.07) is -0.710. The summed E-state index contributed by atoms with van der Waals surface area (Å²) in [5.74, 6) is -0.141. The molecule has 9 heteroatoms. The first-order valence-electron chi connectivity index (χ1n) is 22.7. The highest BCUT2D eigenvalue weighted by atomic mass is 16.7. The van der Waals surface area contributed by atoms with E-state index in [1.54, 1.807) is 0 Å². The Morgan fingerprint density at radius 1 is 0.566 bits per heavy atom. The second-order valence-electron chi connectivity index (χ2n) is 16.2. The summed E-state index contributed by atoms with van der Waals surface area (Å²) in [5.41, 5.74) is 0. The van der Waals surface area contributed by atoms with Crippen molar-refractivity contribution in [3.05, 3.63) is 0 Å². The molecule has 53 heavy (non-hydrogen) atoms. The number of nitrogens with one attached hydrogen (secondary N) is 1. The Balaban J connectivity index is 2.28. The van der Waals surface area contributed by atoms with Gasteiger partial charge in [0.2, 0.25) is 5.91 Å². The first-order chi connectivity index (χ1) is 25.8. The van der Waals surface area contributed by atoms with Crippen molar-refractivity contribution in [2.24, 2.45) is 0 Å². The van der Waals surface area contributed by atoms with E-state index in [-0.39, 0.29) is 12.5 Å². The van der Waals surface area contributed by atoms with Gasteiger partial charge in [-0.3, -0.25) is 4.79 Å². The van der Waals surface area contributed by atoms with Crippen molar-refractivity contribution >= 4 is 5.91 Å². The molecule has 1 fully saturated rings. The molecule has 1 saturated heterocycles. The minimum absolute atomic E-state index is 0.132. The topological polar surface area (TPSA) is 149 Å². The van der Waals surface area contributed by atoms with Crippen LogP contribution in [0.4, 0.5) is 0 Å². The molecule has 1 aliphatic heterocycles. The van der Waals surface area contributed by atoms with Crippen molar-refractivity contribution in [1.29, 1.82) is 0 Å². The number of amides is 1. The predicted octanol–water partition coefficient (Wildman–Crippen LogP) is 9.17. The van der Waals surface area contributed by atoms with Crippen LogP contribution in [0.1, 0.15) is 219 Å². The zero-order chi connectivity index (χ0) is 38.8. The normalized spacial score (nSPS) is 21.5. The van der Waals surface area contributed by atoms with E-state index in [4.69, 9.17) is 9.47 Å². The molecule has 2 unspecified atom stereocenters. The summed E-state index contributed by atoms with van der Waals surface area (Å²) in [4.78, 5) is 12.9. The molecule has 1 aliphatic rings. The van der Waals surface area contributed by atoms with E-state index in [9.17, 15) is 30.3 Å². The Bertz CT molecular complexity index is 801. The lowest BCUT2D eigenvalue weighted by Crippen LogP contribution is -2.60. The SMILES string of the molecule is CCCCCCCCCCCCCCCCCCCCCC(=O)N[C@@H](CO[C@@H]1O[C@H](CO)[C@H](O)C(O)C1O)[C@H](O)CCCCCCCCCCCCC. The Morgan fingerprint density at radius 3 is 1.34 bits per heavy atom. The number of aliphatic hydroxyl groups excluding tert-OH is 5. The fraction of sp³-hybridized carbons (Fsp3) is 0.977. The average Bonchev–Trinajstić information content (AvgIpc) is 3.16. The Kier molecular flexibility index (Phi) is 33.7. The van der Waals surface area contributed by atoms with Gasteiger partial charge in [-0.1, -0.05) is 200 Å². The fourth-order valence-corrected chi connectivity index (χ4v) is 7.51. The van der Waals surface area contributed by atoms with Crippen molar-refractivity contribution in [2.45, 2.75) is 262 Å². The molecule has 0 aliphatic carbocycles. The van der Waals surface area contributed by atoms with Crippen molar-refractivity contribution in [2.75, 3.05) is 13.2 Å². The van der Waals surface area contributed by atoms with E-state index in [1.807, 2.05) is 0 Å². The van der Waals surface area contributed by atoms with Crippen LogP contribution in [-0.2, 0) is 14.3 Å². The number of unbranched alkanes of at least 4 members (excludes halogenated alkanes) is 28. The molecule has 0 aromatic rings. The Hall–Kier alpha value is -0.810. The van der Waals surface area contributed by atoms with E-state index in [0.29, 0.717) is 12.8 Å². The van der Waals surface area contributed by atoms with E-state index in [2.05, 4.69) is 19.2 Å². The van der Waals surface area contributed by atoms with Gasteiger partial charge in [-0.05, 0) is 12.8 Å². The van der Waals surface area contributed by atoms with Gasteiger partial charge in [-0.2, -0.15) is 0 Å². The van der Waals surface area contributed by atoms with Crippen LogP contribution in [0.2, 0.25) is 0 Å². The van der Waals surface area contributed by atoms with Crippen molar-refractivity contribution in [3.63, 3.8) is 0 Å². The second-order valence-corrected chi connectivity index (χ2v) is 16.2. The number of aliphatic hydroxyl groups is 5. The maximum Gasteiger partial charge on any atom is 0.220 e. The molecular formula is C44H87NO8. The van der Waals surface area contributed by atoms with Gasteiger partial charge < -0.3 is 40.3 Å². The zero-order valence-corrected chi connectivity index (χ0v) is 34.5. The highest BCUT2D eigenvalue weighted by molar-refractivity contribution is 5.76. The lowest BCUT2D eigenvalue weighted by molar-refractivity contribution is -0.302. The van der Waals surface area contributed by atoms with Gasteiger partial charge in [0, 0.05) is 6.42 Å². The van der Waals surface area contributed by atoms with Gasteiger partial charge in [0.05, 0.1) is 25.4 Å². The van der Waals surface area contributed by atoms with Crippen molar-refractivity contribution in [3.8, 4) is 0 Å². The molecular weight excluding hydrogens is 670 g/mol. The molecule has 1 amide bonds. The number of ether oxygens (including phenoxy) is 2. The molecule has 0 spiro atoms. The van der Waals surface area contributed by atoms with Crippen molar-refractivity contribution < 1.29 is 39.8 Å². The highest BCUT2D eigenvalue weighted by Gasteiger charge is 2.44. The van der Waals surface area contributed by atoms with Gasteiger partial charge in [0.1, 0.15) is 24.4 Å². The lowest BCUT2D eigenvalue weighted by Gasteiger charge is -2.40. The number of hydrogen-bond donors (Lipinski definition) is 6. The molecule has 0 aromatic heterocycles. The minimum Gasteiger partial charge on any atom is -0.394 e. The molecule has 7 atom stereocenters. The maximum atomic E-state index is 12.9. The highest BCUT2D eigenvalue weighted by Crippen LogP contribution is 2.23. The molecule has 0 aromatic carbocycles. The van der Waals surface area contributed by atoms with E-state index >= 15 is 0 Å². The first kappa shape index (κ1) is 50.2. The minimum atomic E-state index is -1.55. The van der Waals surface area contributed by atoms with E-state index in [0.717, 1.165) is 38.5 Å². The summed E-state index contributed by atoms with van der Waals surface area (Å²) >= 11 is 0. The largest absolute Gasteiger partial charge is 0.394 e. The first-order valence-corrected chi connectivity index (χ1v) is 22.7. The summed E-state index contributed by atoms with van der Waals surface area (Å²) in [5, 5.41) is 54.2. The molecule has 0 saturated carbocycles. The lowest BCUT2D eigenvalue weighted by atomic mass is 9.99. The standard InChI is InChI=1S/C44H87NO8/c1-3-5-7-9-11-13-15-16-17-18-19-20-21-22-24-26-28-30-32-34-40(48)45-37(36-52-44-43(51)42(50)41(49)39(35-46)53-44)38(47)33-31-29-27-25-23-14-12-10-8-6-4-2/h37-39,41-44,46-47,49-51H,3-36H2,1-2H3,(H,45,48)/t37-,38+,39+,41-,42?,43?,44+/m0/s1. The number of hydrogen-bond acceptors (Lipinski definition) is 8. The molecule has 0 bridgehead atoms. The van der Waals surface area contributed by atoms with Gasteiger partial charge in [-0.25, -0.2) is 0 Å². The van der Waals surface area contributed by atoms with Crippen LogP contribution in [0.3, 0.4) is 0 Å². The zero-order valence-electron chi connectivity index (χ0n) is 34.5. The monoisotopic (exact) mass is 758 g/mol. The Morgan fingerprint density at radius 2 is 0.943 bits per heavy atom. The smallest absolute Gasteiger partial charge is 0.220 e. The van der Waals surface area contributed by atoms with Crippen LogP contribution >= 0.6 is 0 Å². The quantitative estimate of drug-likeness (QED) is 0.0342. The van der Waals surface area contributed by atoms with E-state index in [1.165, 1.54) is 154 Å². The van der Waals surface area contributed by atoms with Crippen LogP contribution in [0.15, 0.2) is 0 Å². The number of carbonyl (C=O) groups excluding carboxylic acids is 1. The summed E-state index contributed by atoms with van der Waals surface area (Å²) in [6.07, 6.45) is 31.1. The molecule has 1 rings (SSSR count). The Labute approximate surface area is 325 Å². The maximum absolute atomic E-state index is 12.9. The third-order valence-electron chi connectivity index (χ3n) is 11.2. The van der Waals surface area contributed by atoms with Crippen LogP contribution in [0.5, 0.6) is 0 Å². The van der Waals surface area contributed by atoms with E-state index < -0.39 is 49.5 Å². The average molecular weight is 758 g/mol. The molecule has 6 N–H and O–H groups in total. The summed E-state index contributed by atoms with van der Waals surface area (Å²) in [6.45, 7) is 3.83. The van der Waals surface area contributed by atoms with Crippen LogP contribution in [-0.4, -0.2) is 87.5 Å². The molecule has 0 radical (unpaired) electrons. The molecule has 1 heterocycles. The van der Waals surface area contributed by atoms with Crippen molar-refractivity contribution in [1.82, 2.24) is 5.32 Å². The van der Waals surface area contributed by atoms with Gasteiger partial charge >= 0.3 is 0 Å². The van der Waals surface area contributed by atoms with Gasteiger partial charge in [-0.15, -0.1) is 0 Å². The van der Waals surface area contributed by atoms with Crippen LogP contribution in [0, 0.1) is 0 Å². The molecule has 316 valence electrons. The predicted molar refractivity (Wildman–Crippen MR) is 217 cm³/mol. The van der Waals surface area contributed by atoms with Crippen LogP contribution in [0.25, 0.3) is 0 Å². The summed E-state index contributed by atoms with van der Waals surface area (Å²) < 4.78 is 11.2. The number of carbonyl (C=O) groups is 1. The van der Waals surface area contributed by atoms with Gasteiger partial charge in [0.25, 0.3) is 0 Å². The van der Waals surface area contributed by atoms with Gasteiger partial charge in [0.15, 0.2) is 6.29 Å². The number of rotatable bonds is 38. The second kappa shape index (κ2) is 35.6. The third-order valence-corrected chi connectivity index (χ3v) is 11.2. The third kappa shape index (κ3) is 26.6. The summed E-state index contributed by atoms with van der Waals surface area (Å²) in [7, 11) is 0. The molecule has 9 nitrogen and oxygen atoms in total. The fourth-order valence-electron chi connectivity index (χ4n) is 7.51.